The van der Waals surface area contributed by atoms with E-state index in [2.05, 4.69) is 10.9 Å². The smallest absolute Gasteiger partial charge is 0.300 e. The highest BCUT2D eigenvalue weighted by Gasteiger charge is 2.19. The number of benzene rings is 2. The first-order chi connectivity index (χ1) is 10.5. The van der Waals surface area contributed by atoms with Crippen LogP contribution in [0.1, 0.15) is 0 Å². The Morgan fingerprint density at radius 1 is 0.955 bits per heavy atom. The zero-order valence-corrected chi connectivity index (χ0v) is 11.5. The van der Waals surface area contributed by atoms with Crippen molar-refractivity contribution < 1.29 is 14.6 Å². The highest BCUT2D eigenvalue weighted by Crippen LogP contribution is 2.29. The fourth-order valence-corrected chi connectivity index (χ4v) is 1.70. The molecule has 0 atom stereocenters. The molecule has 2 N–H and O–H groups in total. The maximum Gasteiger partial charge on any atom is 0.300 e. The molecule has 0 bridgehead atoms. The minimum Gasteiger partial charge on any atom is -0.497 e. The van der Waals surface area contributed by atoms with E-state index >= 15 is 0 Å². The monoisotopic (exact) mass is 304 g/mol. The predicted octanol–water partition coefficient (Wildman–Crippen LogP) is 2.95. The van der Waals surface area contributed by atoms with Gasteiger partial charge in [-0.15, -0.1) is 0 Å². The van der Waals surface area contributed by atoms with Crippen LogP contribution in [-0.4, -0.2) is 17.0 Å². The standard InChI is InChI=1S/C13H12N4O5/c1-22-11-5-2-9(3-6-11)14-15-12-7-4-10(16(18)19)8-13(12)17(20)21/h2-8,14-15H,1H3. The maximum absolute atomic E-state index is 11.0. The van der Waals surface area contributed by atoms with Crippen molar-refractivity contribution in [3.63, 3.8) is 0 Å². The van der Waals surface area contributed by atoms with E-state index in [4.69, 9.17) is 4.74 Å². The molecule has 114 valence electrons. The van der Waals surface area contributed by atoms with Gasteiger partial charge in [0.2, 0.25) is 0 Å². The molecule has 22 heavy (non-hydrogen) atoms. The number of hydrogen-bond donors (Lipinski definition) is 2. The highest BCUT2D eigenvalue weighted by molar-refractivity contribution is 5.67. The summed E-state index contributed by atoms with van der Waals surface area (Å²) in [5, 5.41) is 21.7. The number of hydrazine groups is 1. The molecule has 0 aliphatic rings. The first-order valence-corrected chi connectivity index (χ1v) is 6.10. The minimum atomic E-state index is -0.689. The minimum absolute atomic E-state index is 0.117. The zero-order valence-electron chi connectivity index (χ0n) is 11.5. The predicted molar refractivity (Wildman–Crippen MR) is 80.0 cm³/mol. The van der Waals surface area contributed by atoms with E-state index in [-0.39, 0.29) is 11.4 Å². The Morgan fingerprint density at radius 3 is 2.18 bits per heavy atom. The molecular weight excluding hydrogens is 292 g/mol. The molecule has 9 nitrogen and oxygen atoms in total. The summed E-state index contributed by atoms with van der Waals surface area (Å²) in [6.45, 7) is 0. The van der Waals surface area contributed by atoms with Crippen LogP contribution in [0.3, 0.4) is 0 Å². The van der Waals surface area contributed by atoms with Gasteiger partial charge in [-0.05, 0) is 30.3 Å². The fourth-order valence-electron chi connectivity index (χ4n) is 1.70. The lowest BCUT2D eigenvalue weighted by Crippen LogP contribution is -2.10. The van der Waals surface area contributed by atoms with Crippen molar-refractivity contribution in [2.24, 2.45) is 0 Å². The highest BCUT2D eigenvalue weighted by atomic mass is 16.6. The number of non-ortho nitro benzene ring substituents is 1. The third-order valence-electron chi connectivity index (χ3n) is 2.82. The van der Waals surface area contributed by atoms with Gasteiger partial charge in [0.15, 0.2) is 0 Å². The summed E-state index contributed by atoms with van der Waals surface area (Å²) < 4.78 is 5.02. The molecule has 0 aromatic heterocycles. The number of anilines is 2. The quantitative estimate of drug-likeness (QED) is 0.621. The van der Waals surface area contributed by atoms with Gasteiger partial charge in [0.05, 0.1) is 28.7 Å². The van der Waals surface area contributed by atoms with Crippen LogP contribution >= 0.6 is 0 Å². The van der Waals surface area contributed by atoms with E-state index in [0.717, 1.165) is 6.07 Å². The van der Waals surface area contributed by atoms with Gasteiger partial charge in [-0.3, -0.25) is 25.7 Å². The number of hydrogen-bond acceptors (Lipinski definition) is 7. The Bertz CT molecular complexity index is 702. The molecule has 0 amide bonds. The van der Waals surface area contributed by atoms with Crippen LogP contribution < -0.4 is 15.6 Å². The summed E-state index contributed by atoms with van der Waals surface area (Å²) in [7, 11) is 1.54. The van der Waals surface area contributed by atoms with E-state index in [0.29, 0.717) is 11.4 Å². The van der Waals surface area contributed by atoms with Gasteiger partial charge in [0.25, 0.3) is 5.69 Å². The van der Waals surface area contributed by atoms with Crippen molar-refractivity contribution in [2.45, 2.75) is 0 Å². The summed E-state index contributed by atoms with van der Waals surface area (Å²) in [4.78, 5) is 20.3. The fraction of sp³-hybridized carbons (Fsp3) is 0.0769. The third-order valence-corrected chi connectivity index (χ3v) is 2.82. The molecule has 0 fully saturated rings. The summed E-state index contributed by atoms with van der Waals surface area (Å²) >= 11 is 0. The second kappa shape index (κ2) is 6.39. The van der Waals surface area contributed by atoms with Crippen molar-refractivity contribution >= 4 is 22.7 Å². The number of rotatable bonds is 6. The Balaban J connectivity index is 2.17. The number of ether oxygens (including phenoxy) is 1. The topological polar surface area (TPSA) is 120 Å². The van der Waals surface area contributed by atoms with Gasteiger partial charge in [-0.25, -0.2) is 0 Å². The SMILES string of the molecule is COc1ccc(NNc2ccc([N+](=O)[O-])cc2[N+](=O)[O-])cc1. The Morgan fingerprint density at radius 2 is 1.64 bits per heavy atom. The van der Waals surface area contributed by atoms with Crippen LogP contribution in [0.4, 0.5) is 22.7 Å². The summed E-state index contributed by atoms with van der Waals surface area (Å²) in [5.41, 5.74) is 5.46. The van der Waals surface area contributed by atoms with E-state index in [1.807, 2.05) is 0 Å². The largest absolute Gasteiger partial charge is 0.497 e. The number of nitrogens with zero attached hydrogens (tertiary/aromatic N) is 2. The van der Waals surface area contributed by atoms with Crippen LogP contribution in [0.15, 0.2) is 42.5 Å². The Hall–Kier alpha value is -3.36. The molecule has 2 rings (SSSR count). The van der Waals surface area contributed by atoms with Gasteiger partial charge in [0, 0.05) is 6.07 Å². The number of nitrogens with one attached hydrogen (secondary N) is 2. The molecule has 0 heterocycles. The van der Waals surface area contributed by atoms with Gasteiger partial charge in [0.1, 0.15) is 11.4 Å². The summed E-state index contributed by atoms with van der Waals surface area (Å²) in [6.07, 6.45) is 0. The molecule has 0 radical (unpaired) electrons. The number of nitro benzene ring substituents is 2. The van der Waals surface area contributed by atoms with Crippen LogP contribution in [0.2, 0.25) is 0 Å². The van der Waals surface area contributed by atoms with Crippen LogP contribution in [0.25, 0.3) is 0 Å². The molecule has 0 saturated heterocycles. The van der Waals surface area contributed by atoms with Crippen LogP contribution in [-0.2, 0) is 0 Å². The molecule has 0 saturated carbocycles. The first-order valence-electron chi connectivity index (χ1n) is 6.10. The Labute approximate surface area is 124 Å². The number of methoxy groups -OCH3 is 1. The second-order valence-corrected chi connectivity index (χ2v) is 4.19. The molecule has 9 heteroatoms. The van der Waals surface area contributed by atoms with E-state index in [1.54, 1.807) is 31.4 Å². The molecule has 0 spiro atoms. The van der Waals surface area contributed by atoms with Crippen LogP contribution in [0, 0.1) is 20.2 Å². The number of nitro groups is 2. The third kappa shape index (κ3) is 3.39. The van der Waals surface area contributed by atoms with Crippen molar-refractivity contribution in [1.82, 2.24) is 0 Å². The van der Waals surface area contributed by atoms with Gasteiger partial charge >= 0.3 is 5.69 Å². The molecule has 0 aliphatic carbocycles. The molecule has 2 aromatic rings. The summed E-state index contributed by atoms with van der Waals surface area (Å²) in [6, 6.07) is 10.2. The van der Waals surface area contributed by atoms with E-state index < -0.39 is 15.5 Å². The lowest BCUT2D eigenvalue weighted by molar-refractivity contribution is -0.393. The average molecular weight is 304 g/mol. The van der Waals surface area contributed by atoms with Crippen molar-refractivity contribution in [2.75, 3.05) is 18.0 Å². The van der Waals surface area contributed by atoms with Crippen LogP contribution in [0.5, 0.6) is 5.75 Å². The molecule has 2 aromatic carbocycles. The van der Waals surface area contributed by atoms with Gasteiger partial charge in [-0.1, -0.05) is 0 Å². The van der Waals surface area contributed by atoms with Gasteiger partial charge in [-0.2, -0.15) is 0 Å². The van der Waals surface area contributed by atoms with Crippen molar-refractivity contribution in [3.8, 4) is 5.75 Å². The average Bonchev–Trinajstić information content (AvgIpc) is 2.53. The molecular formula is C13H12N4O5. The molecule has 0 aliphatic heterocycles. The van der Waals surface area contributed by atoms with Gasteiger partial charge < -0.3 is 10.2 Å². The first kappa shape index (κ1) is 15.0. The van der Waals surface area contributed by atoms with E-state index in [9.17, 15) is 20.2 Å². The van der Waals surface area contributed by atoms with Crippen molar-refractivity contribution in [3.05, 3.63) is 62.7 Å². The lowest BCUT2D eigenvalue weighted by Gasteiger charge is -2.10. The van der Waals surface area contributed by atoms with Crippen molar-refractivity contribution in [1.29, 1.82) is 0 Å². The van der Waals surface area contributed by atoms with E-state index in [1.165, 1.54) is 12.1 Å². The normalized spacial score (nSPS) is 9.86. The zero-order chi connectivity index (χ0) is 16.1. The summed E-state index contributed by atoms with van der Waals surface area (Å²) in [5.74, 6) is 0.673. The second-order valence-electron chi connectivity index (χ2n) is 4.19. The lowest BCUT2D eigenvalue weighted by atomic mass is 10.2. The molecule has 0 unspecified atom stereocenters. The Kier molecular flexibility index (Phi) is 4.37. The maximum atomic E-state index is 11.0.